The zero-order valence-electron chi connectivity index (χ0n) is 15.0. The Morgan fingerprint density at radius 1 is 1.03 bits per heavy atom. The van der Waals surface area contributed by atoms with Crippen molar-refractivity contribution >= 4 is 70.1 Å². The predicted molar refractivity (Wildman–Crippen MR) is 122 cm³/mol. The Labute approximate surface area is 197 Å². The van der Waals surface area contributed by atoms with Crippen LogP contribution in [0.3, 0.4) is 0 Å². The Morgan fingerprint density at radius 3 is 2.43 bits per heavy atom. The first kappa shape index (κ1) is 22.7. The van der Waals surface area contributed by atoms with E-state index in [0.717, 1.165) is 5.56 Å². The molecule has 0 saturated heterocycles. The van der Waals surface area contributed by atoms with Gasteiger partial charge in [-0.25, -0.2) is 10.4 Å². The molecular weight excluding hydrogens is 492 g/mol. The van der Waals surface area contributed by atoms with Crippen LogP contribution in [0.1, 0.15) is 21.5 Å². The highest BCUT2D eigenvalue weighted by atomic mass is 35.5. The van der Waals surface area contributed by atoms with Gasteiger partial charge in [-0.1, -0.05) is 64.1 Å². The average molecular weight is 504 g/mol. The van der Waals surface area contributed by atoms with Crippen LogP contribution < -0.4 is 10.2 Å². The molecule has 1 heterocycles. The van der Waals surface area contributed by atoms with Crippen molar-refractivity contribution in [3.05, 3.63) is 90.6 Å². The Hall–Kier alpha value is -2.02. The average Bonchev–Trinajstić information content (AvgIpc) is 2.69. The number of nitrogens with zero attached hydrogens (tertiary/aromatic N) is 2. The molecule has 0 spiro atoms. The maximum Gasteiger partial charge on any atom is 0.274 e. The van der Waals surface area contributed by atoms with Crippen LogP contribution in [-0.2, 0) is 6.61 Å². The van der Waals surface area contributed by atoms with Gasteiger partial charge < -0.3 is 4.74 Å². The lowest BCUT2D eigenvalue weighted by Crippen LogP contribution is -2.18. The molecule has 0 unspecified atom stereocenters. The molecule has 0 saturated carbocycles. The van der Waals surface area contributed by atoms with E-state index < -0.39 is 5.91 Å². The summed E-state index contributed by atoms with van der Waals surface area (Å²) in [5.41, 5.74) is 3.86. The van der Waals surface area contributed by atoms with Crippen molar-refractivity contribution < 1.29 is 9.53 Å². The topological polar surface area (TPSA) is 63.6 Å². The molecular formula is C20H12Cl5N3O2. The van der Waals surface area contributed by atoms with E-state index in [-0.39, 0.29) is 27.4 Å². The van der Waals surface area contributed by atoms with Crippen LogP contribution in [-0.4, -0.2) is 17.1 Å². The van der Waals surface area contributed by atoms with E-state index in [9.17, 15) is 4.79 Å². The molecule has 3 rings (SSSR count). The number of benzene rings is 2. The standard InChI is InChI=1S/C20H12Cl5N3O2/c21-13-4-3-12(15(22)8-13)10-30-18-16(23)6-11(7-17(18)24)9-27-28-20(29)14-2-1-5-26-19(14)25/h1-9H,10H2,(H,28,29). The van der Waals surface area contributed by atoms with Gasteiger partial charge >= 0.3 is 0 Å². The van der Waals surface area contributed by atoms with E-state index in [0.29, 0.717) is 21.4 Å². The van der Waals surface area contributed by atoms with Crippen molar-refractivity contribution in [3.63, 3.8) is 0 Å². The first-order valence-corrected chi connectivity index (χ1v) is 10.2. The maximum atomic E-state index is 12.1. The second-order valence-corrected chi connectivity index (χ2v) is 7.90. The van der Waals surface area contributed by atoms with Crippen LogP contribution in [0.5, 0.6) is 5.75 Å². The molecule has 0 radical (unpaired) electrons. The molecule has 0 aliphatic carbocycles. The molecule has 1 N–H and O–H groups in total. The highest BCUT2D eigenvalue weighted by Gasteiger charge is 2.12. The van der Waals surface area contributed by atoms with Gasteiger partial charge in [0.05, 0.1) is 21.8 Å². The van der Waals surface area contributed by atoms with E-state index in [1.165, 1.54) is 18.5 Å². The van der Waals surface area contributed by atoms with Crippen molar-refractivity contribution in [1.82, 2.24) is 10.4 Å². The summed E-state index contributed by atoms with van der Waals surface area (Å²) in [5.74, 6) is -0.200. The fraction of sp³-hybridized carbons (Fsp3) is 0.0500. The number of carbonyl (C=O) groups excluding carboxylic acids is 1. The van der Waals surface area contributed by atoms with Gasteiger partial charge in [-0.2, -0.15) is 5.10 Å². The monoisotopic (exact) mass is 501 g/mol. The minimum Gasteiger partial charge on any atom is -0.486 e. The van der Waals surface area contributed by atoms with Crippen LogP contribution >= 0.6 is 58.0 Å². The summed E-state index contributed by atoms with van der Waals surface area (Å²) in [6, 6.07) is 11.4. The number of pyridine rings is 1. The Kier molecular flexibility index (Phi) is 7.81. The van der Waals surface area contributed by atoms with Gasteiger partial charge in [0.25, 0.3) is 5.91 Å². The Balaban J connectivity index is 1.67. The van der Waals surface area contributed by atoms with Crippen molar-refractivity contribution in [1.29, 1.82) is 0 Å². The normalized spacial score (nSPS) is 11.0. The number of amides is 1. The fourth-order valence-corrected chi connectivity index (χ4v) is 3.64. The highest BCUT2D eigenvalue weighted by molar-refractivity contribution is 6.37. The largest absolute Gasteiger partial charge is 0.486 e. The molecule has 0 atom stereocenters. The SMILES string of the molecule is O=C(NN=Cc1cc(Cl)c(OCc2ccc(Cl)cc2Cl)c(Cl)c1)c1cccnc1Cl. The van der Waals surface area contributed by atoms with Crippen LogP contribution in [0.15, 0.2) is 53.8 Å². The third-order valence-electron chi connectivity index (χ3n) is 3.79. The lowest BCUT2D eigenvalue weighted by atomic mass is 10.2. The van der Waals surface area contributed by atoms with Crippen molar-refractivity contribution in [2.75, 3.05) is 0 Å². The number of nitrogens with one attached hydrogen (secondary N) is 1. The predicted octanol–water partition coefficient (Wildman–Crippen LogP) is 6.69. The number of rotatable bonds is 6. The summed E-state index contributed by atoms with van der Waals surface area (Å²) in [6.45, 7) is 0.158. The number of aromatic nitrogens is 1. The molecule has 0 aliphatic rings. The molecule has 0 fully saturated rings. The van der Waals surface area contributed by atoms with E-state index >= 15 is 0 Å². The molecule has 1 aromatic heterocycles. The zero-order valence-corrected chi connectivity index (χ0v) is 18.8. The number of ether oxygens (including phenoxy) is 1. The Morgan fingerprint density at radius 2 is 1.77 bits per heavy atom. The zero-order chi connectivity index (χ0) is 21.7. The number of hydrogen-bond acceptors (Lipinski definition) is 4. The lowest BCUT2D eigenvalue weighted by molar-refractivity contribution is 0.0955. The summed E-state index contributed by atoms with van der Waals surface area (Å²) >= 11 is 30.5. The number of hydrogen-bond donors (Lipinski definition) is 1. The van der Waals surface area contributed by atoms with Gasteiger partial charge in [0.15, 0.2) is 5.75 Å². The van der Waals surface area contributed by atoms with E-state index in [1.807, 2.05) is 0 Å². The number of carbonyl (C=O) groups is 1. The number of hydrazone groups is 1. The smallest absolute Gasteiger partial charge is 0.274 e. The molecule has 30 heavy (non-hydrogen) atoms. The summed E-state index contributed by atoms with van der Waals surface area (Å²) in [6.07, 6.45) is 2.87. The van der Waals surface area contributed by atoms with Crippen LogP contribution in [0.2, 0.25) is 25.2 Å². The second kappa shape index (κ2) is 10.3. The van der Waals surface area contributed by atoms with Crippen LogP contribution in [0.4, 0.5) is 0 Å². The van der Waals surface area contributed by atoms with E-state index in [1.54, 1.807) is 36.4 Å². The summed E-state index contributed by atoms with van der Waals surface area (Å²) in [7, 11) is 0. The van der Waals surface area contributed by atoms with Gasteiger partial charge in [-0.3, -0.25) is 4.79 Å². The molecule has 2 aromatic carbocycles. The second-order valence-electron chi connectivity index (χ2n) is 5.88. The van der Waals surface area contributed by atoms with Crippen molar-refractivity contribution in [3.8, 4) is 5.75 Å². The first-order valence-electron chi connectivity index (χ1n) is 8.35. The lowest BCUT2D eigenvalue weighted by Gasteiger charge is -2.12. The number of halogens is 5. The third kappa shape index (κ3) is 5.78. The van der Waals surface area contributed by atoms with Crippen molar-refractivity contribution in [2.45, 2.75) is 6.61 Å². The quantitative estimate of drug-likeness (QED) is 0.232. The highest BCUT2D eigenvalue weighted by Crippen LogP contribution is 2.35. The summed E-state index contributed by atoms with van der Waals surface area (Å²) in [5, 5.41) is 5.52. The maximum absolute atomic E-state index is 12.1. The van der Waals surface area contributed by atoms with Gasteiger partial charge in [0.2, 0.25) is 0 Å². The Bertz CT molecular complexity index is 1100. The third-order valence-corrected chi connectivity index (χ3v) is 5.24. The van der Waals surface area contributed by atoms with E-state index in [4.69, 9.17) is 62.7 Å². The van der Waals surface area contributed by atoms with Crippen molar-refractivity contribution in [2.24, 2.45) is 5.10 Å². The molecule has 0 bridgehead atoms. The summed E-state index contributed by atoms with van der Waals surface area (Å²) < 4.78 is 5.72. The molecule has 10 heteroatoms. The van der Waals surface area contributed by atoms with Gasteiger partial charge in [0.1, 0.15) is 11.8 Å². The molecule has 0 aliphatic heterocycles. The minimum atomic E-state index is -0.499. The van der Waals surface area contributed by atoms with Crippen LogP contribution in [0, 0.1) is 0 Å². The van der Waals surface area contributed by atoms with Gasteiger partial charge in [0, 0.05) is 21.8 Å². The first-order chi connectivity index (χ1) is 14.3. The fourth-order valence-electron chi connectivity index (χ4n) is 2.36. The van der Waals surface area contributed by atoms with Gasteiger partial charge in [-0.15, -0.1) is 0 Å². The molecule has 1 amide bonds. The molecule has 3 aromatic rings. The molecule has 5 nitrogen and oxygen atoms in total. The van der Waals surface area contributed by atoms with Crippen LogP contribution in [0.25, 0.3) is 0 Å². The summed E-state index contributed by atoms with van der Waals surface area (Å²) in [4.78, 5) is 15.9. The van der Waals surface area contributed by atoms with E-state index in [2.05, 4.69) is 15.5 Å². The van der Waals surface area contributed by atoms with Gasteiger partial charge in [-0.05, 0) is 42.0 Å². The molecule has 154 valence electrons. The minimum absolute atomic E-state index is 0.0820.